The second-order valence-corrected chi connectivity index (χ2v) is 5.27. The third kappa shape index (κ3) is 3.79. The molecule has 120 valence electrons. The molecule has 0 aromatic carbocycles. The van der Waals surface area contributed by atoms with Gasteiger partial charge in [0.15, 0.2) is 5.96 Å². The van der Waals surface area contributed by atoms with E-state index in [-0.39, 0.29) is 24.0 Å². The quantitative estimate of drug-likeness (QED) is 0.468. The average molecular weight is 416 g/mol. The molecule has 3 rings (SSSR count). The van der Waals surface area contributed by atoms with Crippen molar-refractivity contribution in [2.45, 2.75) is 18.9 Å². The zero-order valence-electron chi connectivity index (χ0n) is 12.8. The van der Waals surface area contributed by atoms with Crippen LogP contribution in [0.5, 0.6) is 0 Å². The first kappa shape index (κ1) is 16.8. The van der Waals surface area contributed by atoms with Gasteiger partial charge in [-0.3, -0.25) is 9.67 Å². The maximum Gasteiger partial charge on any atom is 0.193 e. The molecule has 0 amide bonds. The first-order valence-corrected chi connectivity index (χ1v) is 7.09. The number of aliphatic imine (C=N–C) groups is 1. The van der Waals surface area contributed by atoms with Crippen LogP contribution in [0, 0.1) is 0 Å². The normalized spacial score (nSPS) is 18.4. The van der Waals surface area contributed by atoms with Crippen LogP contribution in [0.15, 0.2) is 34.2 Å². The number of nitrogens with one attached hydrogen (secondary N) is 1. The van der Waals surface area contributed by atoms with Gasteiger partial charge in [0.25, 0.3) is 0 Å². The molecule has 1 unspecified atom stereocenters. The number of likely N-dealkylation sites (tertiary alicyclic amines) is 1. The molecule has 8 heteroatoms. The highest BCUT2D eigenvalue weighted by atomic mass is 127. The molecule has 2 aromatic rings. The van der Waals surface area contributed by atoms with Crippen molar-refractivity contribution in [1.82, 2.24) is 25.2 Å². The average Bonchev–Trinajstić information content (AvgIpc) is 3.19. The molecule has 0 aliphatic carbocycles. The Balaban J connectivity index is 0.00000176. The lowest BCUT2D eigenvalue weighted by Gasteiger charge is -2.21. The van der Waals surface area contributed by atoms with Crippen LogP contribution in [0.4, 0.5) is 0 Å². The fourth-order valence-corrected chi connectivity index (χ4v) is 2.71. The Kier molecular flexibility index (Phi) is 5.81. The van der Waals surface area contributed by atoms with Gasteiger partial charge < -0.3 is 14.7 Å². The van der Waals surface area contributed by atoms with Crippen molar-refractivity contribution in [3.05, 3.63) is 36.0 Å². The monoisotopic (exact) mass is 416 g/mol. The molecule has 0 radical (unpaired) electrons. The molecular formula is C14H21IN6O. The summed E-state index contributed by atoms with van der Waals surface area (Å²) in [6.45, 7) is 2.58. The number of nitrogens with zero attached hydrogens (tertiary/aromatic N) is 5. The topological polar surface area (TPSA) is 71.5 Å². The van der Waals surface area contributed by atoms with E-state index in [0.717, 1.165) is 31.2 Å². The number of aromatic nitrogens is 3. The number of rotatable bonds is 3. The second-order valence-electron chi connectivity index (χ2n) is 5.27. The maximum absolute atomic E-state index is 4.83. The van der Waals surface area contributed by atoms with E-state index in [9.17, 15) is 0 Å². The van der Waals surface area contributed by atoms with Gasteiger partial charge in [0, 0.05) is 45.4 Å². The summed E-state index contributed by atoms with van der Waals surface area (Å²) in [5.41, 5.74) is 2.17. The Labute approximate surface area is 146 Å². The standard InChI is InChI=1S/C14H20N6O.HI/c1-15-14(16-8-13-4-6-21-18-13)20-5-3-11(10-20)12-7-17-19(2)9-12;/h4,6-7,9,11H,3,5,8,10H2,1-2H3,(H,15,16);1H. The van der Waals surface area contributed by atoms with Gasteiger partial charge >= 0.3 is 0 Å². The molecule has 0 bridgehead atoms. The molecule has 2 aromatic heterocycles. The zero-order chi connectivity index (χ0) is 14.7. The van der Waals surface area contributed by atoms with Crippen LogP contribution in [0.25, 0.3) is 0 Å². The van der Waals surface area contributed by atoms with Crippen LogP contribution >= 0.6 is 24.0 Å². The molecule has 3 heterocycles. The molecule has 1 aliphatic heterocycles. The van der Waals surface area contributed by atoms with Crippen molar-refractivity contribution in [3.8, 4) is 0 Å². The zero-order valence-corrected chi connectivity index (χ0v) is 15.1. The molecule has 1 N–H and O–H groups in total. The van der Waals surface area contributed by atoms with Crippen molar-refractivity contribution in [1.29, 1.82) is 0 Å². The largest absolute Gasteiger partial charge is 0.364 e. The fraction of sp³-hybridized carbons (Fsp3) is 0.500. The fourth-order valence-electron chi connectivity index (χ4n) is 2.71. The molecule has 0 saturated carbocycles. The molecule has 1 aliphatic rings. The highest BCUT2D eigenvalue weighted by Crippen LogP contribution is 2.26. The minimum absolute atomic E-state index is 0. The third-order valence-corrected chi connectivity index (χ3v) is 3.81. The lowest BCUT2D eigenvalue weighted by atomic mass is 10.0. The highest BCUT2D eigenvalue weighted by molar-refractivity contribution is 14.0. The molecule has 22 heavy (non-hydrogen) atoms. The van der Waals surface area contributed by atoms with Gasteiger partial charge in [-0.25, -0.2) is 0 Å². The lowest BCUT2D eigenvalue weighted by molar-refractivity contribution is 0.409. The number of aryl methyl sites for hydroxylation is 1. The van der Waals surface area contributed by atoms with Crippen LogP contribution in [-0.2, 0) is 13.6 Å². The number of hydrogen-bond donors (Lipinski definition) is 1. The first-order chi connectivity index (χ1) is 10.3. The SMILES string of the molecule is CN=C(NCc1ccon1)N1CCC(c2cnn(C)c2)C1.I. The maximum atomic E-state index is 4.83. The van der Waals surface area contributed by atoms with Gasteiger partial charge in [-0.2, -0.15) is 5.10 Å². The summed E-state index contributed by atoms with van der Waals surface area (Å²) in [5, 5.41) is 11.5. The van der Waals surface area contributed by atoms with Gasteiger partial charge in [0.1, 0.15) is 12.0 Å². The summed E-state index contributed by atoms with van der Waals surface area (Å²) in [4.78, 5) is 6.63. The van der Waals surface area contributed by atoms with Crippen LogP contribution in [0.2, 0.25) is 0 Å². The molecule has 1 fully saturated rings. The Morgan fingerprint density at radius 2 is 2.41 bits per heavy atom. The van der Waals surface area contributed by atoms with Crippen molar-refractivity contribution in [2.75, 3.05) is 20.1 Å². The van der Waals surface area contributed by atoms with Gasteiger partial charge in [0.05, 0.1) is 12.7 Å². The Bertz CT molecular complexity index is 609. The van der Waals surface area contributed by atoms with Crippen molar-refractivity contribution in [3.63, 3.8) is 0 Å². The van der Waals surface area contributed by atoms with Crippen LogP contribution < -0.4 is 5.32 Å². The van der Waals surface area contributed by atoms with E-state index in [4.69, 9.17) is 4.52 Å². The predicted molar refractivity (Wildman–Crippen MR) is 94.3 cm³/mol. The van der Waals surface area contributed by atoms with Crippen LogP contribution in [-0.4, -0.2) is 45.9 Å². The molecule has 0 spiro atoms. The summed E-state index contributed by atoms with van der Waals surface area (Å²) in [5.74, 6) is 1.42. The van der Waals surface area contributed by atoms with Crippen molar-refractivity contribution < 1.29 is 4.52 Å². The molecule has 7 nitrogen and oxygen atoms in total. The summed E-state index contributed by atoms with van der Waals surface area (Å²) in [6.07, 6.45) is 6.75. The second kappa shape index (κ2) is 7.61. The van der Waals surface area contributed by atoms with Crippen LogP contribution in [0.3, 0.4) is 0 Å². The first-order valence-electron chi connectivity index (χ1n) is 7.09. The summed E-state index contributed by atoms with van der Waals surface area (Å²) in [7, 11) is 3.76. The molecule has 1 saturated heterocycles. The lowest BCUT2D eigenvalue weighted by Crippen LogP contribution is -2.39. The minimum atomic E-state index is 0. The number of halogens is 1. The van der Waals surface area contributed by atoms with Gasteiger partial charge in [-0.1, -0.05) is 5.16 Å². The van der Waals surface area contributed by atoms with E-state index in [1.807, 2.05) is 31.0 Å². The van der Waals surface area contributed by atoms with Crippen LogP contribution in [0.1, 0.15) is 23.6 Å². The molecule has 1 atom stereocenters. The van der Waals surface area contributed by atoms with E-state index in [0.29, 0.717) is 12.5 Å². The van der Waals surface area contributed by atoms with E-state index in [1.165, 1.54) is 5.56 Å². The van der Waals surface area contributed by atoms with Gasteiger partial charge in [-0.15, -0.1) is 24.0 Å². The smallest absolute Gasteiger partial charge is 0.193 e. The predicted octanol–water partition coefficient (Wildman–Crippen LogP) is 1.59. The number of hydrogen-bond acceptors (Lipinski definition) is 4. The highest BCUT2D eigenvalue weighted by Gasteiger charge is 2.26. The Hall–Kier alpha value is -1.58. The molecular weight excluding hydrogens is 395 g/mol. The van der Waals surface area contributed by atoms with Crippen molar-refractivity contribution >= 4 is 29.9 Å². The third-order valence-electron chi connectivity index (χ3n) is 3.81. The Morgan fingerprint density at radius 3 is 3.05 bits per heavy atom. The van der Waals surface area contributed by atoms with Crippen molar-refractivity contribution in [2.24, 2.45) is 12.0 Å². The summed E-state index contributed by atoms with van der Waals surface area (Å²) >= 11 is 0. The number of guanidine groups is 1. The minimum Gasteiger partial charge on any atom is -0.364 e. The Morgan fingerprint density at radius 1 is 1.55 bits per heavy atom. The summed E-state index contributed by atoms with van der Waals surface area (Å²) in [6, 6.07) is 1.85. The van der Waals surface area contributed by atoms with E-state index in [1.54, 1.807) is 6.26 Å². The van der Waals surface area contributed by atoms with E-state index in [2.05, 4.69) is 31.7 Å². The van der Waals surface area contributed by atoms with E-state index < -0.39 is 0 Å². The summed E-state index contributed by atoms with van der Waals surface area (Å²) < 4.78 is 6.69. The van der Waals surface area contributed by atoms with E-state index >= 15 is 0 Å². The van der Waals surface area contributed by atoms with Gasteiger partial charge in [0.2, 0.25) is 0 Å². The van der Waals surface area contributed by atoms with Gasteiger partial charge in [-0.05, 0) is 12.0 Å².